The molecule has 2 aromatic rings. The van der Waals surface area contributed by atoms with Crippen molar-refractivity contribution < 1.29 is 17.6 Å². The Morgan fingerprint density at radius 1 is 0.957 bits per heavy atom. The summed E-state index contributed by atoms with van der Waals surface area (Å²) in [4.78, 5) is 1.93. The Morgan fingerprint density at radius 2 is 1.61 bits per heavy atom. The van der Waals surface area contributed by atoms with E-state index in [1.165, 1.54) is 18.2 Å². The molecule has 0 radical (unpaired) electrons. The van der Waals surface area contributed by atoms with Gasteiger partial charge in [-0.05, 0) is 61.5 Å². The molecular formula is C18H17F4N. The molecule has 0 fully saturated rings. The third kappa shape index (κ3) is 2.98. The summed E-state index contributed by atoms with van der Waals surface area (Å²) in [5.74, 6) is -0.330. The number of rotatable bonds is 2. The molecule has 2 atom stereocenters. The normalized spacial score (nSPS) is 20.8. The average molecular weight is 323 g/mol. The van der Waals surface area contributed by atoms with E-state index in [2.05, 4.69) is 0 Å². The lowest BCUT2D eigenvalue weighted by Gasteiger charge is -2.21. The molecule has 23 heavy (non-hydrogen) atoms. The number of nitrogens with zero attached hydrogens (tertiary/aromatic N) is 1. The summed E-state index contributed by atoms with van der Waals surface area (Å²) in [6.45, 7) is 0. The summed E-state index contributed by atoms with van der Waals surface area (Å²) in [6.07, 6.45) is -3.66. The van der Waals surface area contributed by atoms with E-state index < -0.39 is 11.7 Å². The fraction of sp³-hybridized carbons (Fsp3) is 0.333. The molecule has 0 bridgehead atoms. The molecule has 0 unspecified atom stereocenters. The molecule has 0 saturated carbocycles. The van der Waals surface area contributed by atoms with Crippen molar-refractivity contribution in [3.8, 4) is 0 Å². The molecule has 0 aliphatic heterocycles. The van der Waals surface area contributed by atoms with E-state index in [0.717, 1.165) is 17.2 Å². The van der Waals surface area contributed by atoms with Crippen molar-refractivity contribution in [2.75, 3.05) is 14.1 Å². The molecule has 0 saturated heterocycles. The van der Waals surface area contributed by atoms with Crippen molar-refractivity contribution in [3.63, 3.8) is 0 Å². The molecule has 1 aliphatic rings. The van der Waals surface area contributed by atoms with Crippen molar-refractivity contribution in [1.29, 1.82) is 0 Å². The zero-order valence-corrected chi connectivity index (χ0v) is 12.9. The topological polar surface area (TPSA) is 3.24 Å². The van der Waals surface area contributed by atoms with Crippen LogP contribution in [0.2, 0.25) is 0 Å². The van der Waals surface area contributed by atoms with Crippen LogP contribution in [0, 0.1) is 5.82 Å². The summed E-state index contributed by atoms with van der Waals surface area (Å²) in [5.41, 5.74) is 1.90. The predicted octanol–water partition coefficient (Wildman–Crippen LogP) is 4.98. The molecule has 5 heteroatoms. The molecule has 1 nitrogen and oxygen atoms in total. The van der Waals surface area contributed by atoms with E-state index in [1.807, 2.05) is 19.0 Å². The van der Waals surface area contributed by atoms with Gasteiger partial charge < -0.3 is 4.90 Å². The quantitative estimate of drug-likeness (QED) is 0.704. The van der Waals surface area contributed by atoms with Gasteiger partial charge >= 0.3 is 6.18 Å². The second-order valence-corrected chi connectivity index (χ2v) is 6.16. The maximum absolute atomic E-state index is 13.1. The van der Waals surface area contributed by atoms with Crippen LogP contribution in [-0.2, 0) is 6.18 Å². The van der Waals surface area contributed by atoms with E-state index in [1.54, 1.807) is 18.2 Å². The summed E-state index contributed by atoms with van der Waals surface area (Å²) < 4.78 is 52.1. The lowest BCUT2D eigenvalue weighted by Crippen LogP contribution is -2.18. The molecule has 122 valence electrons. The van der Waals surface area contributed by atoms with Gasteiger partial charge in [0, 0.05) is 12.0 Å². The lowest BCUT2D eigenvalue weighted by atomic mass is 9.92. The number of benzene rings is 2. The minimum absolute atomic E-state index is 0.0136. The summed E-state index contributed by atoms with van der Waals surface area (Å²) in [7, 11) is 3.73. The largest absolute Gasteiger partial charge is 0.416 e. The van der Waals surface area contributed by atoms with Crippen molar-refractivity contribution >= 4 is 0 Å². The first-order chi connectivity index (χ1) is 10.8. The summed E-state index contributed by atoms with van der Waals surface area (Å²) in [6, 6.07) is 10.1. The van der Waals surface area contributed by atoms with Gasteiger partial charge in [-0.2, -0.15) is 13.2 Å². The fourth-order valence-electron chi connectivity index (χ4n) is 3.33. The second kappa shape index (κ2) is 5.64. The predicted molar refractivity (Wildman–Crippen MR) is 80.7 cm³/mol. The first-order valence-electron chi connectivity index (χ1n) is 7.40. The van der Waals surface area contributed by atoms with Crippen molar-refractivity contribution in [2.45, 2.75) is 24.6 Å². The summed E-state index contributed by atoms with van der Waals surface area (Å²) in [5, 5.41) is 0. The number of hydrogen-bond donors (Lipinski definition) is 0. The zero-order valence-electron chi connectivity index (χ0n) is 12.9. The van der Waals surface area contributed by atoms with E-state index in [4.69, 9.17) is 0 Å². The number of alkyl halides is 3. The number of halogens is 4. The van der Waals surface area contributed by atoms with Crippen molar-refractivity contribution in [3.05, 3.63) is 70.5 Å². The number of hydrogen-bond acceptors (Lipinski definition) is 1. The first kappa shape index (κ1) is 16.0. The van der Waals surface area contributed by atoms with Crippen LogP contribution in [0.1, 0.15) is 40.6 Å². The summed E-state index contributed by atoms with van der Waals surface area (Å²) >= 11 is 0. The van der Waals surface area contributed by atoms with E-state index in [-0.39, 0.29) is 17.8 Å². The minimum atomic E-state index is -4.35. The van der Waals surface area contributed by atoms with Crippen LogP contribution >= 0.6 is 0 Å². The Balaban J connectivity index is 2.07. The molecule has 0 heterocycles. The van der Waals surface area contributed by atoms with Crippen LogP contribution in [0.3, 0.4) is 0 Å². The zero-order chi connectivity index (χ0) is 16.8. The highest BCUT2D eigenvalue weighted by Crippen LogP contribution is 2.47. The van der Waals surface area contributed by atoms with Gasteiger partial charge in [0.2, 0.25) is 0 Å². The first-order valence-corrected chi connectivity index (χ1v) is 7.40. The Hall–Kier alpha value is -1.88. The monoisotopic (exact) mass is 323 g/mol. The van der Waals surface area contributed by atoms with E-state index in [9.17, 15) is 17.6 Å². The van der Waals surface area contributed by atoms with Gasteiger partial charge in [-0.3, -0.25) is 0 Å². The van der Waals surface area contributed by atoms with Gasteiger partial charge in [-0.1, -0.05) is 18.2 Å². The molecule has 0 aromatic heterocycles. The van der Waals surface area contributed by atoms with Crippen LogP contribution < -0.4 is 0 Å². The Labute approximate surface area is 132 Å². The Bertz CT molecular complexity index is 704. The van der Waals surface area contributed by atoms with Crippen molar-refractivity contribution in [1.82, 2.24) is 4.90 Å². The molecule has 2 aromatic carbocycles. The van der Waals surface area contributed by atoms with Crippen LogP contribution in [0.15, 0.2) is 42.5 Å². The Morgan fingerprint density at radius 3 is 2.17 bits per heavy atom. The van der Waals surface area contributed by atoms with Crippen LogP contribution in [0.5, 0.6) is 0 Å². The standard InChI is InChI=1S/C18H17F4N/c1-23(2)17-10-15(11-3-6-13(19)7-4-11)14-8-5-12(9-16(14)17)18(20,21)22/h3-9,15,17H,10H2,1-2H3/t15-,17-/m0/s1. The maximum Gasteiger partial charge on any atom is 0.416 e. The van der Waals surface area contributed by atoms with Gasteiger partial charge in [0.05, 0.1) is 5.56 Å². The maximum atomic E-state index is 13.1. The average Bonchev–Trinajstić information content (AvgIpc) is 2.86. The van der Waals surface area contributed by atoms with Crippen LogP contribution in [-0.4, -0.2) is 19.0 Å². The van der Waals surface area contributed by atoms with Gasteiger partial charge in [0.25, 0.3) is 0 Å². The van der Waals surface area contributed by atoms with Gasteiger partial charge in [-0.25, -0.2) is 4.39 Å². The minimum Gasteiger partial charge on any atom is -0.302 e. The molecule has 0 amide bonds. The highest BCUT2D eigenvalue weighted by Gasteiger charge is 2.37. The van der Waals surface area contributed by atoms with Crippen LogP contribution in [0.4, 0.5) is 17.6 Å². The third-order valence-electron chi connectivity index (χ3n) is 4.50. The number of fused-ring (bicyclic) bond motifs is 1. The smallest absolute Gasteiger partial charge is 0.302 e. The molecule has 0 N–H and O–H groups in total. The second-order valence-electron chi connectivity index (χ2n) is 6.16. The molecule has 1 aliphatic carbocycles. The molecular weight excluding hydrogens is 306 g/mol. The van der Waals surface area contributed by atoms with Crippen LogP contribution in [0.25, 0.3) is 0 Å². The lowest BCUT2D eigenvalue weighted by molar-refractivity contribution is -0.137. The van der Waals surface area contributed by atoms with Crippen molar-refractivity contribution in [2.24, 2.45) is 0 Å². The highest BCUT2D eigenvalue weighted by atomic mass is 19.4. The highest BCUT2D eigenvalue weighted by molar-refractivity contribution is 5.46. The molecule has 3 rings (SSSR count). The van der Waals surface area contributed by atoms with E-state index in [0.29, 0.717) is 12.0 Å². The fourth-order valence-corrected chi connectivity index (χ4v) is 3.33. The van der Waals surface area contributed by atoms with Gasteiger partial charge in [0.1, 0.15) is 5.82 Å². The van der Waals surface area contributed by atoms with Gasteiger partial charge in [0.15, 0.2) is 0 Å². The van der Waals surface area contributed by atoms with E-state index >= 15 is 0 Å². The van der Waals surface area contributed by atoms with Gasteiger partial charge in [-0.15, -0.1) is 0 Å². The molecule has 0 spiro atoms. The SMILES string of the molecule is CN(C)[C@H]1C[C@@H](c2ccc(F)cc2)c2ccc(C(F)(F)F)cc21. The Kier molecular flexibility index (Phi) is 3.92. The third-order valence-corrected chi connectivity index (χ3v) is 4.50.